The van der Waals surface area contributed by atoms with Gasteiger partial charge >= 0.3 is 0 Å². The van der Waals surface area contributed by atoms with Gasteiger partial charge in [-0.05, 0) is 56.2 Å². The Balaban J connectivity index is 1.73. The summed E-state index contributed by atoms with van der Waals surface area (Å²) < 4.78 is 4.76. The van der Waals surface area contributed by atoms with Crippen molar-refractivity contribution in [1.29, 1.82) is 0 Å². The maximum absolute atomic E-state index is 4.87. The maximum Gasteiger partial charge on any atom is 0.0679 e. The summed E-state index contributed by atoms with van der Waals surface area (Å²) in [4.78, 5) is 0. The third-order valence-corrected chi connectivity index (χ3v) is 6.45. The molecule has 0 unspecified atom stereocenters. The van der Waals surface area contributed by atoms with Crippen LogP contribution in [0.5, 0.6) is 0 Å². The molecule has 0 radical (unpaired) electrons. The van der Waals surface area contributed by atoms with Gasteiger partial charge in [0.1, 0.15) is 0 Å². The van der Waals surface area contributed by atoms with E-state index in [9.17, 15) is 0 Å². The van der Waals surface area contributed by atoms with E-state index in [0.29, 0.717) is 0 Å². The van der Waals surface area contributed by atoms with E-state index in [4.69, 9.17) is 5.10 Å². The number of thiophene rings is 1. The van der Waals surface area contributed by atoms with Gasteiger partial charge < -0.3 is 0 Å². The average Bonchev–Trinajstić information content (AvgIpc) is 3.18. The molecule has 27 heavy (non-hydrogen) atoms. The Morgan fingerprint density at radius 1 is 0.778 bits per heavy atom. The quantitative estimate of drug-likeness (QED) is 0.334. The largest absolute Gasteiger partial charge is 0.237 e. The van der Waals surface area contributed by atoms with E-state index in [2.05, 4.69) is 92.2 Å². The Labute approximate surface area is 162 Å². The Kier molecular flexibility index (Phi) is 3.66. The molecule has 2 nitrogen and oxygen atoms in total. The van der Waals surface area contributed by atoms with E-state index in [1.165, 1.54) is 42.6 Å². The van der Waals surface area contributed by atoms with Crippen molar-refractivity contribution in [2.24, 2.45) is 0 Å². The average molecular weight is 369 g/mol. The van der Waals surface area contributed by atoms with Gasteiger partial charge in [0.05, 0.1) is 11.4 Å². The predicted octanol–water partition coefficient (Wildman–Crippen LogP) is 6.83. The zero-order valence-electron chi connectivity index (χ0n) is 15.7. The van der Waals surface area contributed by atoms with Crippen molar-refractivity contribution in [3.63, 3.8) is 0 Å². The Morgan fingerprint density at radius 3 is 2.37 bits per heavy atom. The van der Waals surface area contributed by atoms with Gasteiger partial charge in [-0.15, -0.1) is 11.3 Å². The molecule has 0 aliphatic carbocycles. The van der Waals surface area contributed by atoms with Crippen molar-refractivity contribution in [2.45, 2.75) is 20.8 Å². The van der Waals surface area contributed by atoms with Crippen molar-refractivity contribution < 1.29 is 0 Å². The highest BCUT2D eigenvalue weighted by molar-refractivity contribution is 7.25. The van der Waals surface area contributed by atoms with E-state index in [-0.39, 0.29) is 0 Å². The summed E-state index contributed by atoms with van der Waals surface area (Å²) in [5, 5.41) is 7.53. The summed E-state index contributed by atoms with van der Waals surface area (Å²) in [6, 6.07) is 23.9. The van der Waals surface area contributed by atoms with Crippen LogP contribution in [0.15, 0.2) is 66.7 Å². The van der Waals surface area contributed by atoms with Crippen molar-refractivity contribution in [2.75, 3.05) is 0 Å². The van der Waals surface area contributed by atoms with Crippen LogP contribution in [0.2, 0.25) is 0 Å². The minimum atomic E-state index is 1.06. The third-order valence-electron chi connectivity index (χ3n) is 5.30. The first-order chi connectivity index (χ1) is 13.1. The lowest BCUT2D eigenvalue weighted by atomic mass is 10.0. The van der Waals surface area contributed by atoms with Crippen molar-refractivity contribution in [3.05, 3.63) is 83.7 Å². The lowest BCUT2D eigenvalue weighted by Gasteiger charge is -2.08. The van der Waals surface area contributed by atoms with E-state index >= 15 is 0 Å². The smallest absolute Gasteiger partial charge is 0.0679 e. The summed E-state index contributed by atoms with van der Waals surface area (Å²) in [6.45, 7) is 6.40. The van der Waals surface area contributed by atoms with Gasteiger partial charge in [0.15, 0.2) is 0 Å². The molecule has 0 saturated carbocycles. The second-order valence-corrected chi connectivity index (χ2v) is 8.14. The highest BCUT2D eigenvalue weighted by Gasteiger charge is 2.16. The normalized spacial score (nSPS) is 11.5. The van der Waals surface area contributed by atoms with Crippen LogP contribution in [0.1, 0.15) is 17.0 Å². The van der Waals surface area contributed by atoms with Gasteiger partial charge in [-0.3, -0.25) is 0 Å². The zero-order chi connectivity index (χ0) is 18.5. The second-order valence-electron chi connectivity index (χ2n) is 7.05. The highest BCUT2D eigenvalue weighted by atomic mass is 32.1. The predicted molar refractivity (Wildman–Crippen MR) is 116 cm³/mol. The topological polar surface area (TPSA) is 17.8 Å². The van der Waals surface area contributed by atoms with Gasteiger partial charge in [-0.25, -0.2) is 4.68 Å². The molecule has 132 valence electrons. The van der Waals surface area contributed by atoms with E-state index in [0.717, 1.165) is 11.4 Å². The molecule has 3 aromatic carbocycles. The molecule has 2 aromatic heterocycles. The van der Waals surface area contributed by atoms with Crippen LogP contribution in [0.3, 0.4) is 0 Å². The number of benzene rings is 3. The monoisotopic (exact) mass is 368 g/mol. The minimum absolute atomic E-state index is 1.06. The van der Waals surface area contributed by atoms with Gasteiger partial charge in [0.25, 0.3) is 0 Å². The minimum Gasteiger partial charge on any atom is -0.237 e. The van der Waals surface area contributed by atoms with Crippen LogP contribution in [0.25, 0.3) is 37.0 Å². The van der Waals surface area contributed by atoms with Crippen LogP contribution in [-0.4, -0.2) is 9.78 Å². The Bertz CT molecular complexity index is 1310. The Morgan fingerprint density at radius 2 is 1.52 bits per heavy atom. The molecule has 0 aliphatic rings. The standard InChI is InChI=1S/C24H20N2S/c1-15-8-4-6-10-21(15)26-17(3)24(16(2)25-26)18-12-13-23-20(14-18)19-9-5-7-11-22(19)27-23/h4-14H,1-3H3. The highest BCUT2D eigenvalue weighted by Crippen LogP contribution is 2.38. The molecule has 0 aliphatic heterocycles. The van der Waals surface area contributed by atoms with Gasteiger partial charge in [0, 0.05) is 31.4 Å². The summed E-state index contributed by atoms with van der Waals surface area (Å²) >= 11 is 1.86. The van der Waals surface area contributed by atoms with Crippen LogP contribution < -0.4 is 0 Å². The molecule has 3 heteroatoms. The van der Waals surface area contributed by atoms with Crippen LogP contribution in [-0.2, 0) is 0 Å². The third kappa shape index (κ3) is 2.50. The molecular weight excluding hydrogens is 348 g/mol. The first-order valence-corrected chi connectivity index (χ1v) is 9.99. The molecule has 0 N–H and O–H groups in total. The fourth-order valence-electron chi connectivity index (χ4n) is 3.98. The lowest BCUT2D eigenvalue weighted by molar-refractivity contribution is 0.827. The summed E-state index contributed by atoms with van der Waals surface area (Å²) in [5.41, 5.74) is 7.09. The van der Waals surface area contributed by atoms with E-state index in [1.807, 2.05) is 11.3 Å². The first kappa shape index (κ1) is 16.3. The number of aryl methyl sites for hydroxylation is 2. The molecular formula is C24H20N2S. The molecule has 0 saturated heterocycles. The molecule has 5 aromatic rings. The maximum atomic E-state index is 4.87. The molecule has 2 heterocycles. The summed E-state index contributed by atoms with van der Waals surface area (Å²) in [7, 11) is 0. The van der Waals surface area contributed by atoms with Crippen molar-refractivity contribution >= 4 is 31.5 Å². The van der Waals surface area contributed by atoms with Crippen LogP contribution in [0.4, 0.5) is 0 Å². The molecule has 0 atom stereocenters. The molecule has 0 fully saturated rings. The number of aromatic nitrogens is 2. The first-order valence-electron chi connectivity index (χ1n) is 9.17. The van der Waals surface area contributed by atoms with Gasteiger partial charge in [-0.1, -0.05) is 42.5 Å². The number of hydrogen-bond donors (Lipinski definition) is 0. The summed E-state index contributed by atoms with van der Waals surface area (Å²) in [6.07, 6.45) is 0. The molecule has 0 bridgehead atoms. The molecule has 0 spiro atoms. The molecule has 0 amide bonds. The second kappa shape index (κ2) is 6.07. The number of para-hydroxylation sites is 1. The van der Waals surface area contributed by atoms with Crippen molar-refractivity contribution in [1.82, 2.24) is 9.78 Å². The SMILES string of the molecule is Cc1ccccc1-n1nc(C)c(-c2ccc3sc4ccccc4c3c2)c1C. The lowest BCUT2D eigenvalue weighted by Crippen LogP contribution is -2.01. The number of nitrogens with zero attached hydrogens (tertiary/aromatic N) is 2. The van der Waals surface area contributed by atoms with Gasteiger partial charge in [-0.2, -0.15) is 5.10 Å². The number of hydrogen-bond acceptors (Lipinski definition) is 2. The molecule has 5 rings (SSSR count). The van der Waals surface area contributed by atoms with Crippen LogP contribution in [0, 0.1) is 20.8 Å². The van der Waals surface area contributed by atoms with Crippen LogP contribution >= 0.6 is 11.3 Å². The van der Waals surface area contributed by atoms with E-state index < -0.39 is 0 Å². The van der Waals surface area contributed by atoms with Crippen molar-refractivity contribution in [3.8, 4) is 16.8 Å². The fourth-order valence-corrected chi connectivity index (χ4v) is 5.06. The summed E-state index contributed by atoms with van der Waals surface area (Å²) in [5.74, 6) is 0. The number of fused-ring (bicyclic) bond motifs is 3. The Hall–Kier alpha value is -2.91. The van der Waals surface area contributed by atoms with Gasteiger partial charge in [0.2, 0.25) is 0 Å². The van der Waals surface area contributed by atoms with E-state index in [1.54, 1.807) is 0 Å². The zero-order valence-corrected chi connectivity index (χ0v) is 16.5. The number of rotatable bonds is 2. The fraction of sp³-hybridized carbons (Fsp3) is 0.125.